The number of methoxy groups -OCH3 is 2. The van der Waals surface area contributed by atoms with Crippen molar-refractivity contribution in [2.24, 2.45) is 0 Å². The molecule has 3 rings (SSSR count). The third-order valence-electron chi connectivity index (χ3n) is 4.46. The highest BCUT2D eigenvalue weighted by molar-refractivity contribution is 5.63. The molecule has 1 heterocycles. The predicted octanol–water partition coefficient (Wildman–Crippen LogP) is 4.12. The Labute approximate surface area is 165 Å². The Bertz CT molecular complexity index is 946. The van der Waals surface area contributed by atoms with E-state index in [9.17, 15) is 0 Å². The number of aromatic nitrogens is 3. The van der Waals surface area contributed by atoms with Crippen molar-refractivity contribution in [3.63, 3.8) is 0 Å². The molecular weight excluding hydrogens is 354 g/mol. The Balaban J connectivity index is 1.72. The summed E-state index contributed by atoms with van der Waals surface area (Å²) in [6.07, 6.45) is 2.53. The standard InChI is InChI=1S/C21H25N5O2/c1-5-16-8-6-7-14(2)20(16)25-21-24-19(13-23-26-21)22-12-15-9-10-17(27-3)18(11-15)28-4/h6-11,13H,5,12H2,1-4H3,(H2,22,24,25,26). The van der Waals surface area contributed by atoms with Crippen LogP contribution in [0.15, 0.2) is 42.6 Å². The van der Waals surface area contributed by atoms with Crippen molar-refractivity contribution in [1.29, 1.82) is 0 Å². The number of nitrogens with zero attached hydrogens (tertiary/aromatic N) is 3. The molecule has 1 aromatic heterocycles. The summed E-state index contributed by atoms with van der Waals surface area (Å²) in [5.41, 5.74) is 4.43. The number of hydrogen-bond donors (Lipinski definition) is 2. The summed E-state index contributed by atoms with van der Waals surface area (Å²) in [7, 11) is 3.24. The zero-order valence-corrected chi connectivity index (χ0v) is 16.6. The maximum Gasteiger partial charge on any atom is 0.249 e. The Hall–Kier alpha value is -3.35. The van der Waals surface area contributed by atoms with Crippen LogP contribution in [-0.2, 0) is 13.0 Å². The summed E-state index contributed by atoms with van der Waals surface area (Å²) in [5, 5.41) is 14.7. The van der Waals surface area contributed by atoms with E-state index >= 15 is 0 Å². The molecule has 7 heteroatoms. The van der Waals surface area contributed by atoms with Crippen LogP contribution in [0, 0.1) is 6.92 Å². The maximum atomic E-state index is 5.35. The Kier molecular flexibility index (Phi) is 6.26. The van der Waals surface area contributed by atoms with Crippen LogP contribution in [0.25, 0.3) is 0 Å². The van der Waals surface area contributed by atoms with E-state index in [-0.39, 0.29) is 0 Å². The van der Waals surface area contributed by atoms with E-state index < -0.39 is 0 Å². The van der Waals surface area contributed by atoms with Gasteiger partial charge in [-0.2, -0.15) is 10.1 Å². The van der Waals surface area contributed by atoms with Gasteiger partial charge in [-0.25, -0.2) is 0 Å². The van der Waals surface area contributed by atoms with Crippen LogP contribution >= 0.6 is 0 Å². The van der Waals surface area contributed by atoms with Crippen molar-refractivity contribution in [3.05, 3.63) is 59.3 Å². The molecule has 0 saturated heterocycles. The van der Waals surface area contributed by atoms with Gasteiger partial charge in [-0.3, -0.25) is 0 Å². The number of aryl methyl sites for hydroxylation is 2. The first-order valence-corrected chi connectivity index (χ1v) is 9.14. The highest BCUT2D eigenvalue weighted by atomic mass is 16.5. The van der Waals surface area contributed by atoms with Crippen LogP contribution in [0.5, 0.6) is 11.5 Å². The van der Waals surface area contributed by atoms with Gasteiger partial charge in [0.25, 0.3) is 0 Å². The number of para-hydroxylation sites is 1. The first-order chi connectivity index (χ1) is 13.6. The van der Waals surface area contributed by atoms with Crippen molar-refractivity contribution in [2.45, 2.75) is 26.8 Å². The fourth-order valence-electron chi connectivity index (χ4n) is 2.94. The molecule has 2 N–H and O–H groups in total. The van der Waals surface area contributed by atoms with Gasteiger partial charge in [0.05, 0.1) is 20.4 Å². The Morgan fingerprint density at radius 2 is 1.86 bits per heavy atom. The van der Waals surface area contributed by atoms with Gasteiger partial charge < -0.3 is 20.1 Å². The van der Waals surface area contributed by atoms with E-state index in [1.807, 2.05) is 18.2 Å². The third kappa shape index (κ3) is 4.49. The van der Waals surface area contributed by atoms with E-state index in [1.54, 1.807) is 20.4 Å². The minimum Gasteiger partial charge on any atom is -0.493 e. The van der Waals surface area contributed by atoms with Crippen LogP contribution in [0.3, 0.4) is 0 Å². The zero-order valence-electron chi connectivity index (χ0n) is 16.6. The number of nitrogens with one attached hydrogen (secondary N) is 2. The third-order valence-corrected chi connectivity index (χ3v) is 4.46. The van der Waals surface area contributed by atoms with Gasteiger partial charge in [0.1, 0.15) is 0 Å². The van der Waals surface area contributed by atoms with Crippen LogP contribution in [0.2, 0.25) is 0 Å². The molecule has 0 spiro atoms. The summed E-state index contributed by atoms with van der Waals surface area (Å²) in [6, 6.07) is 12.0. The molecule has 0 amide bonds. The summed E-state index contributed by atoms with van der Waals surface area (Å²) >= 11 is 0. The first kappa shape index (κ1) is 19.4. The van der Waals surface area contributed by atoms with Crippen molar-refractivity contribution in [2.75, 3.05) is 24.9 Å². The molecule has 146 valence electrons. The van der Waals surface area contributed by atoms with Crippen molar-refractivity contribution >= 4 is 17.5 Å². The molecular formula is C21H25N5O2. The smallest absolute Gasteiger partial charge is 0.249 e. The van der Waals surface area contributed by atoms with Crippen LogP contribution in [0.1, 0.15) is 23.6 Å². The molecule has 0 bridgehead atoms. The van der Waals surface area contributed by atoms with Gasteiger partial charge in [-0.05, 0) is 42.2 Å². The van der Waals surface area contributed by atoms with E-state index in [4.69, 9.17) is 9.47 Å². The van der Waals surface area contributed by atoms with Crippen LogP contribution in [0.4, 0.5) is 17.5 Å². The topological polar surface area (TPSA) is 81.2 Å². The molecule has 28 heavy (non-hydrogen) atoms. The van der Waals surface area contributed by atoms with Crippen molar-refractivity contribution < 1.29 is 9.47 Å². The first-order valence-electron chi connectivity index (χ1n) is 9.14. The van der Waals surface area contributed by atoms with E-state index in [0.717, 1.165) is 23.2 Å². The monoisotopic (exact) mass is 379 g/mol. The molecule has 0 saturated carbocycles. The molecule has 0 atom stereocenters. The number of hydrogen-bond acceptors (Lipinski definition) is 7. The van der Waals surface area contributed by atoms with E-state index in [0.29, 0.717) is 29.8 Å². The highest BCUT2D eigenvalue weighted by Crippen LogP contribution is 2.28. The molecule has 0 radical (unpaired) electrons. The second-order valence-corrected chi connectivity index (χ2v) is 6.30. The second kappa shape index (κ2) is 9.03. The lowest BCUT2D eigenvalue weighted by Gasteiger charge is -2.13. The minimum atomic E-state index is 0.460. The van der Waals surface area contributed by atoms with Gasteiger partial charge >= 0.3 is 0 Å². The largest absolute Gasteiger partial charge is 0.493 e. The average Bonchev–Trinajstić information content (AvgIpc) is 2.73. The van der Waals surface area contributed by atoms with Gasteiger partial charge in [0.15, 0.2) is 17.3 Å². The second-order valence-electron chi connectivity index (χ2n) is 6.30. The SMILES string of the molecule is CCc1cccc(C)c1Nc1nncc(NCc2ccc(OC)c(OC)c2)n1. The fourth-order valence-corrected chi connectivity index (χ4v) is 2.94. The lowest BCUT2D eigenvalue weighted by Crippen LogP contribution is -2.07. The van der Waals surface area contributed by atoms with Gasteiger partial charge in [0.2, 0.25) is 5.95 Å². The maximum absolute atomic E-state index is 5.35. The molecule has 0 aliphatic heterocycles. The molecule has 0 unspecified atom stereocenters. The lowest BCUT2D eigenvalue weighted by atomic mass is 10.1. The van der Waals surface area contributed by atoms with Crippen LogP contribution in [-0.4, -0.2) is 29.4 Å². The Morgan fingerprint density at radius 1 is 1.04 bits per heavy atom. The number of rotatable bonds is 8. The summed E-state index contributed by atoms with van der Waals surface area (Å²) in [4.78, 5) is 4.52. The van der Waals surface area contributed by atoms with Crippen LogP contribution < -0.4 is 20.1 Å². The quantitative estimate of drug-likeness (QED) is 0.609. The fraction of sp³-hybridized carbons (Fsp3) is 0.286. The van der Waals surface area contributed by atoms with Gasteiger partial charge in [-0.1, -0.05) is 31.2 Å². The Morgan fingerprint density at radius 3 is 2.61 bits per heavy atom. The molecule has 0 aliphatic rings. The number of benzene rings is 2. The zero-order chi connectivity index (χ0) is 19.9. The summed E-state index contributed by atoms with van der Waals surface area (Å²) < 4.78 is 10.6. The van der Waals surface area contributed by atoms with Gasteiger partial charge in [0, 0.05) is 12.2 Å². The highest BCUT2D eigenvalue weighted by Gasteiger charge is 2.08. The molecule has 0 aliphatic carbocycles. The van der Waals surface area contributed by atoms with E-state index in [1.165, 1.54) is 5.56 Å². The molecule has 7 nitrogen and oxygen atoms in total. The minimum absolute atomic E-state index is 0.460. The number of ether oxygens (including phenoxy) is 2. The molecule has 2 aromatic carbocycles. The average molecular weight is 379 g/mol. The van der Waals surface area contributed by atoms with E-state index in [2.05, 4.69) is 57.9 Å². The van der Waals surface area contributed by atoms with Crippen molar-refractivity contribution in [1.82, 2.24) is 15.2 Å². The molecule has 0 fully saturated rings. The molecule has 3 aromatic rings. The van der Waals surface area contributed by atoms with Gasteiger partial charge in [-0.15, -0.1) is 5.10 Å². The normalized spacial score (nSPS) is 10.4. The van der Waals surface area contributed by atoms with Crippen molar-refractivity contribution in [3.8, 4) is 11.5 Å². The summed E-state index contributed by atoms with van der Waals surface area (Å²) in [5.74, 6) is 2.49. The number of anilines is 3. The summed E-state index contributed by atoms with van der Waals surface area (Å²) in [6.45, 7) is 4.76. The predicted molar refractivity (Wildman–Crippen MR) is 111 cm³/mol. The lowest BCUT2D eigenvalue weighted by molar-refractivity contribution is 0.354.